The second-order valence-corrected chi connectivity index (χ2v) is 6.24. The Bertz CT molecular complexity index is 559. The molecule has 0 bridgehead atoms. The minimum absolute atomic E-state index is 0.323. The summed E-state index contributed by atoms with van der Waals surface area (Å²) in [6.07, 6.45) is 4.07. The molecule has 1 N–H and O–H groups in total. The topological polar surface area (TPSA) is 42.0 Å². The van der Waals surface area contributed by atoms with E-state index in [1.54, 1.807) is 16.8 Å². The van der Waals surface area contributed by atoms with E-state index in [2.05, 4.69) is 22.4 Å². The van der Waals surface area contributed by atoms with Crippen molar-refractivity contribution in [3.05, 3.63) is 52.5 Å². The van der Waals surface area contributed by atoms with Gasteiger partial charge >= 0.3 is 0 Å². The van der Waals surface area contributed by atoms with Crippen LogP contribution in [0, 0.1) is 0 Å². The van der Waals surface area contributed by atoms with Gasteiger partial charge in [-0.25, -0.2) is 0 Å². The van der Waals surface area contributed by atoms with Crippen molar-refractivity contribution < 1.29 is 4.79 Å². The first-order chi connectivity index (χ1) is 9.81. The molecular weight excluding hydrogens is 268 g/mol. The maximum Gasteiger partial charge on any atom is 0.148 e. The number of hydrogen-bond donors (Lipinski definition) is 1. The van der Waals surface area contributed by atoms with Crippen LogP contribution in [0.3, 0.4) is 0 Å². The summed E-state index contributed by atoms with van der Waals surface area (Å²) in [7, 11) is 0. The Morgan fingerprint density at radius 1 is 1.25 bits per heavy atom. The van der Waals surface area contributed by atoms with E-state index in [0.29, 0.717) is 12.2 Å². The average molecular weight is 286 g/mol. The largest absolute Gasteiger partial charge is 0.317 e. The molecule has 3 rings (SSSR count). The molecule has 0 amide bonds. The van der Waals surface area contributed by atoms with Gasteiger partial charge in [0.25, 0.3) is 0 Å². The highest BCUT2D eigenvalue weighted by atomic mass is 32.1. The number of nitrogens with zero attached hydrogens (tertiary/aromatic N) is 1. The Morgan fingerprint density at radius 3 is 2.65 bits per heavy atom. The maximum absolute atomic E-state index is 12.9. The lowest BCUT2D eigenvalue weighted by molar-refractivity contribution is -0.124. The zero-order chi connectivity index (χ0) is 13.8. The maximum atomic E-state index is 12.9. The Morgan fingerprint density at radius 2 is 2.00 bits per heavy atom. The highest BCUT2D eigenvalue weighted by Gasteiger charge is 2.40. The molecule has 0 atom stereocenters. The predicted molar refractivity (Wildman–Crippen MR) is 81.0 cm³/mol. The number of thiazole rings is 1. The molecule has 1 aromatic carbocycles. The Balaban J connectivity index is 1.91. The molecule has 0 radical (unpaired) electrons. The molecule has 2 heterocycles. The van der Waals surface area contributed by atoms with Crippen LogP contribution in [0.15, 0.2) is 42.0 Å². The van der Waals surface area contributed by atoms with Gasteiger partial charge in [-0.05, 0) is 31.5 Å². The fourth-order valence-corrected chi connectivity index (χ4v) is 3.59. The summed E-state index contributed by atoms with van der Waals surface area (Å²) in [5.74, 6) is 0.328. The van der Waals surface area contributed by atoms with E-state index >= 15 is 0 Å². The molecule has 1 fully saturated rings. The number of ketones is 1. The second kappa shape index (κ2) is 5.85. The smallest absolute Gasteiger partial charge is 0.148 e. The first-order valence-electron chi connectivity index (χ1n) is 6.98. The molecule has 0 unspecified atom stereocenters. The van der Waals surface area contributed by atoms with Gasteiger partial charge in [-0.2, -0.15) is 0 Å². The van der Waals surface area contributed by atoms with Crippen LogP contribution in [-0.2, 0) is 16.6 Å². The van der Waals surface area contributed by atoms with E-state index in [0.717, 1.165) is 36.4 Å². The van der Waals surface area contributed by atoms with Crippen LogP contribution in [0.1, 0.15) is 23.3 Å². The van der Waals surface area contributed by atoms with Crippen LogP contribution in [0.5, 0.6) is 0 Å². The predicted octanol–water partition coefficient (Wildman–Crippen LogP) is 2.58. The van der Waals surface area contributed by atoms with E-state index in [1.807, 2.05) is 24.4 Å². The van der Waals surface area contributed by atoms with Crippen LogP contribution in [0.4, 0.5) is 0 Å². The van der Waals surface area contributed by atoms with Gasteiger partial charge in [-0.15, -0.1) is 11.3 Å². The summed E-state index contributed by atoms with van der Waals surface area (Å²) in [4.78, 5) is 18.1. The number of nitrogens with one attached hydrogen (secondary N) is 1. The van der Waals surface area contributed by atoms with Gasteiger partial charge in [0, 0.05) is 17.5 Å². The SMILES string of the molecule is O=C(Cc1cncs1)C1(c2ccccc2)CCNCC1. The molecule has 1 aliphatic heterocycles. The number of piperidine rings is 1. The summed E-state index contributed by atoms with van der Waals surface area (Å²) < 4.78 is 0. The summed E-state index contributed by atoms with van der Waals surface area (Å²) in [5.41, 5.74) is 2.63. The van der Waals surface area contributed by atoms with Gasteiger partial charge in [0.15, 0.2) is 0 Å². The minimum atomic E-state index is -0.323. The standard InChI is InChI=1S/C16H18N2OS/c19-15(10-14-11-18-12-20-14)16(6-8-17-9-7-16)13-4-2-1-3-5-13/h1-5,11-12,17H,6-10H2. The molecular formula is C16H18N2OS. The van der Waals surface area contributed by atoms with E-state index in [4.69, 9.17) is 0 Å². The molecule has 104 valence electrons. The van der Waals surface area contributed by atoms with Crippen molar-refractivity contribution in [1.29, 1.82) is 0 Å². The van der Waals surface area contributed by atoms with Gasteiger partial charge < -0.3 is 5.32 Å². The van der Waals surface area contributed by atoms with E-state index in [9.17, 15) is 4.79 Å². The number of hydrogen-bond acceptors (Lipinski definition) is 4. The van der Waals surface area contributed by atoms with Gasteiger partial charge in [0.1, 0.15) is 5.78 Å². The van der Waals surface area contributed by atoms with E-state index < -0.39 is 0 Å². The summed E-state index contributed by atoms with van der Waals surface area (Å²) >= 11 is 1.56. The number of benzene rings is 1. The molecule has 4 heteroatoms. The summed E-state index contributed by atoms with van der Waals surface area (Å²) in [6, 6.07) is 10.2. The number of aromatic nitrogens is 1. The number of carbonyl (C=O) groups excluding carboxylic acids is 1. The fourth-order valence-electron chi connectivity index (χ4n) is 3.00. The quantitative estimate of drug-likeness (QED) is 0.939. The first-order valence-corrected chi connectivity index (χ1v) is 7.86. The normalized spacial score (nSPS) is 17.8. The van der Waals surface area contributed by atoms with Crippen molar-refractivity contribution in [2.75, 3.05) is 13.1 Å². The third kappa shape index (κ3) is 2.53. The van der Waals surface area contributed by atoms with Crippen LogP contribution >= 0.6 is 11.3 Å². The van der Waals surface area contributed by atoms with Crippen LogP contribution in [0.25, 0.3) is 0 Å². The van der Waals surface area contributed by atoms with Crippen molar-refractivity contribution in [1.82, 2.24) is 10.3 Å². The molecule has 3 nitrogen and oxygen atoms in total. The van der Waals surface area contributed by atoms with Gasteiger partial charge in [-0.3, -0.25) is 9.78 Å². The molecule has 1 aliphatic rings. The summed E-state index contributed by atoms with van der Waals surface area (Å²) in [5, 5.41) is 3.36. The number of carbonyl (C=O) groups is 1. The highest BCUT2D eigenvalue weighted by molar-refractivity contribution is 7.09. The second-order valence-electron chi connectivity index (χ2n) is 5.27. The highest BCUT2D eigenvalue weighted by Crippen LogP contribution is 2.35. The molecule has 1 aromatic heterocycles. The monoisotopic (exact) mass is 286 g/mol. The zero-order valence-electron chi connectivity index (χ0n) is 11.3. The third-order valence-corrected chi connectivity index (χ3v) is 4.92. The third-order valence-electron chi connectivity index (χ3n) is 4.14. The van der Waals surface area contributed by atoms with Crippen LogP contribution < -0.4 is 5.32 Å². The van der Waals surface area contributed by atoms with Crippen molar-refractivity contribution in [3.63, 3.8) is 0 Å². The van der Waals surface area contributed by atoms with Crippen LogP contribution in [-0.4, -0.2) is 23.9 Å². The van der Waals surface area contributed by atoms with Crippen molar-refractivity contribution in [2.45, 2.75) is 24.7 Å². The lowest BCUT2D eigenvalue weighted by Gasteiger charge is -2.36. The van der Waals surface area contributed by atoms with Crippen LogP contribution in [0.2, 0.25) is 0 Å². The van der Waals surface area contributed by atoms with E-state index in [-0.39, 0.29) is 5.41 Å². The lowest BCUT2D eigenvalue weighted by atomic mass is 9.69. The molecule has 0 aliphatic carbocycles. The van der Waals surface area contributed by atoms with Crippen molar-refractivity contribution in [2.24, 2.45) is 0 Å². The molecule has 0 spiro atoms. The van der Waals surface area contributed by atoms with Gasteiger partial charge in [0.05, 0.1) is 10.9 Å². The Labute approximate surface area is 123 Å². The molecule has 2 aromatic rings. The summed E-state index contributed by atoms with van der Waals surface area (Å²) in [6.45, 7) is 1.81. The number of rotatable bonds is 4. The van der Waals surface area contributed by atoms with Crippen molar-refractivity contribution in [3.8, 4) is 0 Å². The first kappa shape index (κ1) is 13.5. The fraction of sp³-hybridized carbons (Fsp3) is 0.375. The Kier molecular flexibility index (Phi) is 3.94. The minimum Gasteiger partial charge on any atom is -0.317 e. The molecule has 0 saturated carbocycles. The van der Waals surface area contributed by atoms with Gasteiger partial charge in [-0.1, -0.05) is 30.3 Å². The average Bonchev–Trinajstić information content (AvgIpc) is 3.02. The van der Waals surface area contributed by atoms with Gasteiger partial charge in [0.2, 0.25) is 0 Å². The van der Waals surface area contributed by atoms with Crippen molar-refractivity contribution >= 4 is 17.1 Å². The number of Topliss-reactive ketones (excluding diaryl/α,β-unsaturated/α-hetero) is 1. The zero-order valence-corrected chi connectivity index (χ0v) is 12.2. The van der Waals surface area contributed by atoms with E-state index in [1.165, 1.54) is 0 Å². The molecule has 20 heavy (non-hydrogen) atoms. The Hall–Kier alpha value is -1.52. The lowest BCUT2D eigenvalue weighted by Crippen LogP contribution is -2.46. The molecule has 1 saturated heterocycles.